The van der Waals surface area contributed by atoms with Crippen molar-refractivity contribution in [3.63, 3.8) is 0 Å². The molecule has 0 amide bonds. The van der Waals surface area contributed by atoms with Gasteiger partial charge in [-0.25, -0.2) is 0 Å². The van der Waals surface area contributed by atoms with Gasteiger partial charge in [0.05, 0.1) is 0 Å². The fourth-order valence-corrected chi connectivity index (χ4v) is 2.86. The summed E-state index contributed by atoms with van der Waals surface area (Å²) in [5.41, 5.74) is 0. The molecule has 0 heterocycles. The van der Waals surface area contributed by atoms with E-state index in [-0.39, 0.29) is 17.0 Å². The Morgan fingerprint density at radius 3 is 1.92 bits per heavy atom. The van der Waals surface area contributed by atoms with Crippen molar-refractivity contribution < 1.29 is 30.3 Å². The zero-order chi connectivity index (χ0) is 8.32. The standard InChI is InChI=1S/C6H5.CF3.BrH.Zn/c1-2-4-6-5-3-1;2-1(3)4;;/h1-5H;;1H;. The van der Waals surface area contributed by atoms with Crippen LogP contribution in [0.1, 0.15) is 0 Å². The molecule has 0 unspecified atom stereocenters. The molecule has 0 fully saturated rings. The zero-order valence-corrected chi connectivity index (χ0v) is 10.8. The van der Waals surface area contributed by atoms with Crippen molar-refractivity contribution in [2.75, 3.05) is 0 Å². The van der Waals surface area contributed by atoms with Crippen LogP contribution >= 0.6 is 17.0 Å². The first-order chi connectivity index (χ1) is 5.08. The first-order valence-corrected chi connectivity index (χ1v) is 6.15. The number of hydrogen-bond donors (Lipinski definition) is 0. The van der Waals surface area contributed by atoms with Gasteiger partial charge >= 0.3 is 69.6 Å². The SMILES string of the molecule is Br.F[C](F)(F)[Zn][c]1ccccc1. The third-order valence-electron chi connectivity index (χ3n) is 1.25. The van der Waals surface area contributed by atoms with Crippen LogP contribution in [0.4, 0.5) is 13.2 Å². The summed E-state index contributed by atoms with van der Waals surface area (Å²) in [5.74, 6) is 0. The summed E-state index contributed by atoms with van der Waals surface area (Å²) in [6, 6.07) is 8.11. The Hall–Kier alpha value is 0.113. The molecule has 0 aliphatic rings. The molecule has 0 aliphatic heterocycles. The summed E-state index contributed by atoms with van der Waals surface area (Å²) in [6.45, 7) is 0. The van der Waals surface area contributed by atoms with Crippen molar-refractivity contribution in [3.8, 4) is 0 Å². The monoisotopic (exact) mass is 290 g/mol. The quantitative estimate of drug-likeness (QED) is 0.698. The van der Waals surface area contributed by atoms with Gasteiger partial charge < -0.3 is 0 Å². The van der Waals surface area contributed by atoms with Crippen LogP contribution in [0.15, 0.2) is 30.3 Å². The van der Waals surface area contributed by atoms with Gasteiger partial charge in [-0.05, 0) is 0 Å². The summed E-state index contributed by atoms with van der Waals surface area (Å²) < 4.78 is 32.1. The predicted octanol–water partition coefficient (Wildman–Crippen LogP) is 2.49. The molecule has 0 spiro atoms. The zero-order valence-electron chi connectivity index (χ0n) is 6.14. The maximum atomic E-state index is 11.8. The maximum absolute atomic E-state index is 11.8. The Kier molecular flexibility index (Phi) is 5.02. The van der Waals surface area contributed by atoms with E-state index in [2.05, 4.69) is 0 Å². The van der Waals surface area contributed by atoms with E-state index < -0.39 is 21.9 Å². The van der Waals surface area contributed by atoms with Crippen molar-refractivity contribution in [2.24, 2.45) is 0 Å². The van der Waals surface area contributed by atoms with Gasteiger partial charge in [0.1, 0.15) is 0 Å². The van der Waals surface area contributed by atoms with E-state index in [1.54, 1.807) is 30.3 Å². The van der Waals surface area contributed by atoms with E-state index in [0.29, 0.717) is 4.16 Å². The van der Waals surface area contributed by atoms with Crippen molar-refractivity contribution in [1.82, 2.24) is 0 Å². The molecule has 0 radical (unpaired) electrons. The molecule has 0 N–H and O–H groups in total. The first kappa shape index (κ1) is 12.1. The van der Waals surface area contributed by atoms with Crippen molar-refractivity contribution in [1.29, 1.82) is 0 Å². The van der Waals surface area contributed by atoms with E-state index in [1.165, 1.54) is 0 Å². The van der Waals surface area contributed by atoms with Crippen LogP contribution in [0.5, 0.6) is 0 Å². The molecule has 0 aromatic heterocycles. The number of halogens is 4. The minimum atomic E-state index is -3.91. The fourth-order valence-electron chi connectivity index (χ4n) is 0.827. The molecular formula is C7H6BrF3Zn. The van der Waals surface area contributed by atoms with Gasteiger partial charge in [-0.15, -0.1) is 17.0 Å². The van der Waals surface area contributed by atoms with Crippen molar-refractivity contribution in [3.05, 3.63) is 30.3 Å². The van der Waals surface area contributed by atoms with Crippen molar-refractivity contribution in [2.45, 2.75) is 4.77 Å². The van der Waals surface area contributed by atoms with Crippen LogP contribution in [0, 0.1) is 0 Å². The van der Waals surface area contributed by atoms with E-state index >= 15 is 0 Å². The second-order valence-corrected chi connectivity index (χ2v) is 6.41. The molecule has 0 nitrogen and oxygen atoms in total. The first-order valence-electron chi connectivity index (χ1n) is 3.18. The number of hydrogen-bond acceptors (Lipinski definition) is 0. The topological polar surface area (TPSA) is 0 Å². The van der Waals surface area contributed by atoms with Gasteiger partial charge in [-0.3, -0.25) is 0 Å². The third kappa shape index (κ3) is 4.88. The summed E-state index contributed by atoms with van der Waals surface area (Å²) in [7, 11) is 0. The van der Waals surface area contributed by atoms with Crippen LogP contribution in [-0.2, 0) is 17.1 Å². The number of rotatable bonds is 1. The Balaban J connectivity index is 0.00000121. The van der Waals surface area contributed by atoms with Crippen molar-refractivity contribution >= 4 is 21.1 Å². The van der Waals surface area contributed by atoms with Crippen LogP contribution in [0.25, 0.3) is 0 Å². The Morgan fingerprint density at radius 2 is 1.50 bits per heavy atom. The van der Waals surface area contributed by atoms with E-state index in [1.807, 2.05) is 0 Å². The molecule has 64 valence electrons. The van der Waals surface area contributed by atoms with E-state index in [0.717, 1.165) is 0 Å². The predicted molar refractivity (Wildman–Crippen MR) is 42.5 cm³/mol. The molecule has 0 saturated carbocycles. The molecular weight excluding hydrogens is 286 g/mol. The van der Waals surface area contributed by atoms with Crippen LogP contribution in [0.2, 0.25) is 0 Å². The summed E-state index contributed by atoms with van der Waals surface area (Å²) in [5, 5.41) is 0. The number of alkyl halides is 3. The van der Waals surface area contributed by atoms with Gasteiger partial charge in [0.15, 0.2) is 0 Å². The molecule has 0 atom stereocenters. The normalized spacial score (nSPS) is 9.92. The fraction of sp³-hybridized carbons (Fsp3) is 0.143. The van der Waals surface area contributed by atoms with E-state index in [4.69, 9.17) is 0 Å². The molecule has 0 bridgehead atoms. The molecule has 0 aliphatic carbocycles. The molecule has 1 rings (SSSR count). The Morgan fingerprint density at radius 1 is 1.00 bits per heavy atom. The molecule has 1 aromatic rings. The van der Waals surface area contributed by atoms with Gasteiger partial charge in [-0.2, -0.15) is 0 Å². The summed E-state index contributed by atoms with van der Waals surface area (Å²) >= 11 is -2.50. The Labute approximate surface area is 86.5 Å². The second kappa shape index (κ2) is 4.98. The average Bonchev–Trinajstić information content (AvgIpc) is 1.85. The van der Waals surface area contributed by atoms with Gasteiger partial charge in [0, 0.05) is 0 Å². The van der Waals surface area contributed by atoms with Crippen LogP contribution in [0.3, 0.4) is 0 Å². The molecule has 5 heteroatoms. The molecule has 0 saturated heterocycles. The summed E-state index contributed by atoms with van der Waals surface area (Å²) in [4.78, 5) is 0. The van der Waals surface area contributed by atoms with Gasteiger partial charge in [0.2, 0.25) is 0 Å². The average molecular weight is 292 g/mol. The van der Waals surface area contributed by atoms with Crippen LogP contribution in [-0.4, -0.2) is 4.77 Å². The van der Waals surface area contributed by atoms with Gasteiger partial charge in [-0.1, -0.05) is 0 Å². The molecule has 12 heavy (non-hydrogen) atoms. The summed E-state index contributed by atoms with van der Waals surface area (Å²) in [6.07, 6.45) is 0. The Bertz CT molecular complexity index is 222. The minimum absolute atomic E-state index is 0. The van der Waals surface area contributed by atoms with Crippen LogP contribution < -0.4 is 4.16 Å². The van der Waals surface area contributed by atoms with Gasteiger partial charge in [0.25, 0.3) is 0 Å². The van der Waals surface area contributed by atoms with E-state index in [9.17, 15) is 13.2 Å². The number of benzene rings is 1. The second-order valence-electron chi connectivity index (χ2n) is 2.28. The molecule has 1 aromatic carbocycles. The third-order valence-corrected chi connectivity index (χ3v) is 3.93.